The van der Waals surface area contributed by atoms with Crippen molar-refractivity contribution < 1.29 is 9.57 Å². The third kappa shape index (κ3) is 2.29. The van der Waals surface area contributed by atoms with Crippen molar-refractivity contribution in [2.24, 2.45) is 0 Å². The van der Waals surface area contributed by atoms with E-state index in [1.165, 1.54) is 0 Å². The summed E-state index contributed by atoms with van der Waals surface area (Å²) >= 11 is 3.36. The van der Waals surface area contributed by atoms with Gasteiger partial charge in [0.25, 0.3) is 0 Å². The molecule has 0 radical (unpaired) electrons. The number of nitrogens with zero attached hydrogens (tertiary/aromatic N) is 2. The predicted molar refractivity (Wildman–Crippen MR) is 54.6 cm³/mol. The molecular weight excluding hydrogens is 244 g/mol. The molecule has 3 nitrogen and oxygen atoms in total. The lowest BCUT2D eigenvalue weighted by atomic mass is 10.3. The molecule has 0 N–H and O–H groups in total. The molecule has 0 spiro atoms. The summed E-state index contributed by atoms with van der Waals surface area (Å²) in [5.74, 6) is 0.782. The fraction of sp³-hybridized carbons (Fsp3) is 0. The summed E-state index contributed by atoms with van der Waals surface area (Å²) in [5, 5.41) is 0. The zero-order chi connectivity index (χ0) is 9.80. The second-order valence-corrected chi connectivity index (χ2v) is 3.57. The van der Waals surface area contributed by atoms with Crippen LogP contribution in [0.25, 0.3) is 0 Å². The van der Waals surface area contributed by atoms with Gasteiger partial charge < -0.3 is 0 Å². The maximum absolute atomic E-state index is 5.49. The lowest BCUT2D eigenvalue weighted by molar-refractivity contribution is -0.875. The topological polar surface area (TPSA) is 26.0 Å². The zero-order valence-electron chi connectivity index (χ0n) is 7.30. The molecule has 2 rings (SSSR count). The Kier molecular flexibility index (Phi) is 2.74. The first-order valence-electron chi connectivity index (χ1n) is 4.10. The van der Waals surface area contributed by atoms with Gasteiger partial charge in [0.1, 0.15) is 0 Å². The summed E-state index contributed by atoms with van der Waals surface area (Å²) in [6.45, 7) is 0. The molecule has 1 aromatic carbocycles. The lowest BCUT2D eigenvalue weighted by Gasteiger charge is -1.96. The first-order chi connectivity index (χ1) is 6.84. The molecule has 2 aromatic rings. The van der Waals surface area contributed by atoms with E-state index >= 15 is 0 Å². The van der Waals surface area contributed by atoms with Crippen LogP contribution in [0.3, 0.4) is 0 Å². The molecule has 0 fully saturated rings. The van der Waals surface area contributed by atoms with Crippen LogP contribution in [-0.2, 0) is 0 Å². The van der Waals surface area contributed by atoms with Crippen molar-refractivity contribution in [1.82, 2.24) is 4.98 Å². The number of rotatable bonds is 2. The Morgan fingerprint density at radius 2 is 1.71 bits per heavy atom. The molecule has 0 amide bonds. The highest BCUT2D eigenvalue weighted by atomic mass is 79.9. The molecule has 1 aromatic heterocycles. The van der Waals surface area contributed by atoms with E-state index < -0.39 is 0 Å². The molecule has 0 saturated heterocycles. The SMILES string of the molecule is Brc1ccc(O[n+]2ccncc2)cc1. The van der Waals surface area contributed by atoms with Crippen LogP contribution < -0.4 is 9.57 Å². The van der Waals surface area contributed by atoms with E-state index in [-0.39, 0.29) is 0 Å². The zero-order valence-corrected chi connectivity index (χ0v) is 8.89. The van der Waals surface area contributed by atoms with Crippen LogP contribution in [0.15, 0.2) is 53.5 Å². The third-order valence-electron chi connectivity index (χ3n) is 1.62. The van der Waals surface area contributed by atoms with E-state index in [0.29, 0.717) is 0 Å². The van der Waals surface area contributed by atoms with Crippen LogP contribution >= 0.6 is 15.9 Å². The molecule has 0 aliphatic heterocycles. The maximum Gasteiger partial charge on any atom is 0.241 e. The van der Waals surface area contributed by atoms with Gasteiger partial charge in [0.2, 0.25) is 18.1 Å². The van der Waals surface area contributed by atoms with Crippen molar-refractivity contribution in [2.75, 3.05) is 0 Å². The second-order valence-electron chi connectivity index (χ2n) is 2.65. The Bertz CT molecular complexity index is 402. The van der Waals surface area contributed by atoms with E-state index in [1.54, 1.807) is 29.5 Å². The highest BCUT2D eigenvalue weighted by molar-refractivity contribution is 9.10. The van der Waals surface area contributed by atoms with Gasteiger partial charge in [0, 0.05) is 9.20 Å². The van der Waals surface area contributed by atoms with Gasteiger partial charge in [-0.3, -0.25) is 4.98 Å². The summed E-state index contributed by atoms with van der Waals surface area (Å²) in [6, 6.07) is 7.63. The summed E-state index contributed by atoms with van der Waals surface area (Å²) in [4.78, 5) is 9.38. The Morgan fingerprint density at radius 3 is 2.36 bits per heavy atom. The summed E-state index contributed by atoms with van der Waals surface area (Å²) in [6.07, 6.45) is 6.81. The van der Waals surface area contributed by atoms with Gasteiger partial charge in [-0.05, 0) is 24.3 Å². The quantitative estimate of drug-likeness (QED) is 0.764. The van der Waals surface area contributed by atoms with E-state index in [1.807, 2.05) is 24.3 Å². The summed E-state index contributed by atoms with van der Waals surface area (Å²) in [7, 11) is 0. The second kappa shape index (κ2) is 4.19. The molecule has 70 valence electrons. The van der Waals surface area contributed by atoms with Crippen molar-refractivity contribution in [3.63, 3.8) is 0 Å². The van der Waals surface area contributed by atoms with Crippen molar-refractivity contribution in [3.05, 3.63) is 53.5 Å². The molecule has 0 atom stereocenters. The van der Waals surface area contributed by atoms with E-state index in [2.05, 4.69) is 20.9 Å². The minimum Gasteiger partial charge on any atom is -0.252 e. The maximum atomic E-state index is 5.49. The van der Waals surface area contributed by atoms with Crippen LogP contribution in [0.5, 0.6) is 5.75 Å². The minimum atomic E-state index is 0.782. The molecule has 0 unspecified atom stereocenters. The number of aromatic nitrogens is 2. The van der Waals surface area contributed by atoms with Crippen molar-refractivity contribution in [3.8, 4) is 5.75 Å². The first-order valence-corrected chi connectivity index (χ1v) is 4.89. The van der Waals surface area contributed by atoms with Gasteiger partial charge in [-0.25, -0.2) is 4.84 Å². The Morgan fingerprint density at radius 1 is 1.07 bits per heavy atom. The highest BCUT2D eigenvalue weighted by Crippen LogP contribution is 2.14. The van der Waals surface area contributed by atoms with E-state index in [0.717, 1.165) is 10.2 Å². The van der Waals surface area contributed by atoms with Crippen molar-refractivity contribution in [2.45, 2.75) is 0 Å². The predicted octanol–water partition coefficient (Wildman–Crippen LogP) is 1.97. The third-order valence-corrected chi connectivity index (χ3v) is 2.15. The first kappa shape index (κ1) is 9.15. The monoisotopic (exact) mass is 251 g/mol. The molecule has 0 aliphatic rings. The van der Waals surface area contributed by atoms with Gasteiger partial charge in [-0.1, -0.05) is 15.9 Å². The Labute approximate surface area is 90.1 Å². The van der Waals surface area contributed by atoms with Crippen molar-refractivity contribution in [1.29, 1.82) is 0 Å². The van der Waals surface area contributed by atoms with Gasteiger partial charge >= 0.3 is 0 Å². The van der Waals surface area contributed by atoms with Crippen molar-refractivity contribution >= 4 is 15.9 Å². The standard InChI is InChI=1S/C10H8BrN2O/c11-9-1-3-10(4-2-9)14-13-7-5-12-6-8-13/h1-8H/q+1. The van der Waals surface area contributed by atoms with E-state index in [9.17, 15) is 0 Å². The number of hydrogen-bond acceptors (Lipinski definition) is 2. The van der Waals surface area contributed by atoms with Crippen LogP contribution in [0.4, 0.5) is 0 Å². The van der Waals surface area contributed by atoms with Gasteiger partial charge in [0.05, 0.1) is 12.4 Å². The molecule has 14 heavy (non-hydrogen) atoms. The lowest BCUT2D eigenvalue weighted by Crippen LogP contribution is -2.38. The molecular formula is C10H8BrN2O+. The smallest absolute Gasteiger partial charge is 0.241 e. The Hall–Kier alpha value is -1.42. The fourth-order valence-electron chi connectivity index (χ4n) is 0.986. The van der Waals surface area contributed by atoms with E-state index in [4.69, 9.17) is 4.84 Å². The van der Waals surface area contributed by atoms with Crippen LogP contribution in [0.2, 0.25) is 0 Å². The van der Waals surface area contributed by atoms with Gasteiger partial charge in [-0.15, -0.1) is 0 Å². The average molecular weight is 252 g/mol. The highest BCUT2D eigenvalue weighted by Gasteiger charge is 2.01. The Balaban J connectivity index is 2.16. The van der Waals surface area contributed by atoms with Gasteiger partial charge in [-0.2, -0.15) is 0 Å². The summed E-state index contributed by atoms with van der Waals surface area (Å²) < 4.78 is 2.63. The average Bonchev–Trinajstić information content (AvgIpc) is 2.23. The fourth-order valence-corrected chi connectivity index (χ4v) is 1.25. The number of hydrogen-bond donors (Lipinski definition) is 0. The van der Waals surface area contributed by atoms with Crippen LogP contribution in [0.1, 0.15) is 0 Å². The molecule has 0 saturated carbocycles. The summed E-state index contributed by atoms with van der Waals surface area (Å²) in [5.41, 5.74) is 0. The molecule has 0 aliphatic carbocycles. The number of benzene rings is 1. The molecule has 1 heterocycles. The number of halogens is 1. The molecule has 0 bridgehead atoms. The van der Waals surface area contributed by atoms with Crippen LogP contribution in [-0.4, -0.2) is 4.98 Å². The van der Waals surface area contributed by atoms with Gasteiger partial charge in [0.15, 0.2) is 0 Å². The minimum absolute atomic E-state index is 0.782. The normalized spacial score (nSPS) is 9.79. The van der Waals surface area contributed by atoms with Crippen LogP contribution in [0, 0.1) is 0 Å². The molecule has 4 heteroatoms. The largest absolute Gasteiger partial charge is 0.252 e.